The van der Waals surface area contributed by atoms with Gasteiger partial charge in [0, 0.05) is 18.4 Å². The maximum atomic E-state index is 12.0. The zero-order valence-electron chi connectivity index (χ0n) is 10.9. The number of halogens is 3. The highest BCUT2D eigenvalue weighted by molar-refractivity contribution is 8.00. The lowest BCUT2D eigenvalue weighted by molar-refractivity contribution is -0.136. The summed E-state index contributed by atoms with van der Waals surface area (Å²) in [6, 6.07) is 4.87. The van der Waals surface area contributed by atoms with Gasteiger partial charge >= 0.3 is 6.18 Å². The molecule has 1 aliphatic heterocycles. The van der Waals surface area contributed by atoms with Crippen molar-refractivity contribution in [2.75, 3.05) is 6.61 Å². The first-order valence-corrected chi connectivity index (χ1v) is 7.21. The second kappa shape index (κ2) is 6.18. The molecule has 1 aromatic carbocycles. The van der Waals surface area contributed by atoms with Crippen LogP contribution in [0.3, 0.4) is 0 Å². The summed E-state index contributed by atoms with van der Waals surface area (Å²) in [6.07, 6.45) is -5.77. The molecule has 0 fully saturated rings. The molecule has 2 rings (SSSR count). The molecule has 21 heavy (non-hydrogen) atoms. The largest absolute Gasteiger partial charge is 0.494 e. The van der Waals surface area contributed by atoms with Crippen LogP contribution in [0, 0.1) is 0 Å². The predicted molar refractivity (Wildman–Crippen MR) is 78.3 cm³/mol. The molecule has 8 heteroatoms. The maximum absolute atomic E-state index is 12.0. The Kier molecular flexibility index (Phi) is 4.89. The smallest absolute Gasteiger partial charge is 0.389 e. The Hall–Kier alpha value is -0.730. The van der Waals surface area contributed by atoms with Crippen molar-refractivity contribution < 1.29 is 27.8 Å². The number of alkyl halides is 3. The topological polar surface area (TPSA) is 38.7 Å². The summed E-state index contributed by atoms with van der Waals surface area (Å²) in [7, 11) is 0. The molecule has 1 N–H and O–H groups in total. The van der Waals surface area contributed by atoms with Crippen LogP contribution in [0.1, 0.15) is 18.4 Å². The standard InChI is InChI=1S/C13H15F3O3S2/c14-12(15,16)4-1-5-18-9-2-3-10-8(6-9)7-11(17)13(20,21)19-10/h2-3,6,11,17,20-21H,1,4-5,7H2. The SMILES string of the molecule is OC1Cc2cc(OCCCC(F)(F)F)ccc2OC1(S)S. The third-order valence-corrected chi connectivity index (χ3v) is 3.79. The van der Waals surface area contributed by atoms with Gasteiger partial charge in [-0.05, 0) is 24.6 Å². The minimum atomic E-state index is -4.17. The van der Waals surface area contributed by atoms with Crippen molar-refractivity contribution in [3.05, 3.63) is 23.8 Å². The number of hydrogen-bond acceptors (Lipinski definition) is 5. The molecule has 1 aliphatic rings. The van der Waals surface area contributed by atoms with Crippen LogP contribution >= 0.6 is 25.3 Å². The van der Waals surface area contributed by atoms with E-state index in [9.17, 15) is 18.3 Å². The second-order valence-electron chi connectivity index (χ2n) is 4.82. The third kappa shape index (κ3) is 4.62. The van der Waals surface area contributed by atoms with Crippen LogP contribution in [0.15, 0.2) is 18.2 Å². The molecule has 1 atom stereocenters. The summed E-state index contributed by atoms with van der Waals surface area (Å²) in [5, 5.41) is 9.83. The number of benzene rings is 1. The molecule has 0 saturated carbocycles. The van der Waals surface area contributed by atoms with E-state index >= 15 is 0 Å². The summed E-state index contributed by atoms with van der Waals surface area (Å²) < 4.78 is 45.5. The normalized spacial score (nSPS) is 20.6. The number of rotatable bonds is 4. The molecule has 118 valence electrons. The minimum Gasteiger partial charge on any atom is -0.494 e. The van der Waals surface area contributed by atoms with Crippen molar-refractivity contribution in [2.24, 2.45) is 0 Å². The van der Waals surface area contributed by atoms with Crippen LogP contribution < -0.4 is 9.47 Å². The van der Waals surface area contributed by atoms with E-state index in [0.29, 0.717) is 17.1 Å². The Balaban J connectivity index is 1.94. The van der Waals surface area contributed by atoms with Crippen molar-refractivity contribution in [3.63, 3.8) is 0 Å². The molecule has 0 aliphatic carbocycles. The quantitative estimate of drug-likeness (QED) is 0.448. The van der Waals surface area contributed by atoms with Gasteiger partial charge in [0.2, 0.25) is 4.27 Å². The number of thiol groups is 2. The van der Waals surface area contributed by atoms with E-state index in [-0.39, 0.29) is 19.4 Å². The van der Waals surface area contributed by atoms with Crippen molar-refractivity contribution in [1.82, 2.24) is 0 Å². The van der Waals surface area contributed by atoms with E-state index in [0.717, 1.165) is 0 Å². The van der Waals surface area contributed by atoms with Gasteiger partial charge in [0.15, 0.2) is 0 Å². The molecule has 0 radical (unpaired) electrons. The molecule has 0 saturated heterocycles. The minimum absolute atomic E-state index is 0.0230. The van der Waals surface area contributed by atoms with Crippen LogP contribution in [-0.2, 0) is 6.42 Å². The Morgan fingerprint density at radius 3 is 2.76 bits per heavy atom. The predicted octanol–water partition coefficient (Wildman–Crippen LogP) is 3.22. The van der Waals surface area contributed by atoms with Gasteiger partial charge in [0.25, 0.3) is 0 Å². The Morgan fingerprint density at radius 2 is 2.10 bits per heavy atom. The van der Waals surface area contributed by atoms with Gasteiger partial charge in [-0.1, -0.05) is 0 Å². The van der Waals surface area contributed by atoms with Gasteiger partial charge in [0.1, 0.15) is 17.6 Å². The van der Waals surface area contributed by atoms with E-state index in [1.807, 2.05) is 0 Å². The molecule has 0 spiro atoms. The lowest BCUT2D eigenvalue weighted by Crippen LogP contribution is -2.42. The molecule has 1 heterocycles. The molecular weight excluding hydrogens is 325 g/mol. The summed E-state index contributed by atoms with van der Waals surface area (Å²) in [5.74, 6) is 0.963. The first kappa shape index (κ1) is 16.6. The van der Waals surface area contributed by atoms with Crippen molar-refractivity contribution in [1.29, 1.82) is 0 Å². The average Bonchev–Trinajstić information content (AvgIpc) is 2.35. The van der Waals surface area contributed by atoms with Gasteiger partial charge in [0.05, 0.1) is 6.61 Å². The average molecular weight is 340 g/mol. The Bertz CT molecular complexity index is 506. The van der Waals surface area contributed by atoms with Gasteiger partial charge in [-0.3, -0.25) is 0 Å². The lowest BCUT2D eigenvalue weighted by Gasteiger charge is -2.35. The zero-order chi connectivity index (χ0) is 15.7. The second-order valence-corrected chi connectivity index (χ2v) is 6.50. The van der Waals surface area contributed by atoms with E-state index in [1.54, 1.807) is 18.2 Å². The van der Waals surface area contributed by atoms with Gasteiger partial charge in [-0.25, -0.2) is 0 Å². The zero-order valence-corrected chi connectivity index (χ0v) is 12.7. The van der Waals surface area contributed by atoms with Crippen molar-refractivity contribution >= 4 is 25.3 Å². The van der Waals surface area contributed by atoms with E-state index in [2.05, 4.69) is 25.3 Å². The number of fused-ring (bicyclic) bond motifs is 1. The molecule has 3 nitrogen and oxygen atoms in total. The van der Waals surface area contributed by atoms with Crippen molar-refractivity contribution in [3.8, 4) is 11.5 Å². The number of aliphatic hydroxyl groups is 1. The number of hydrogen-bond donors (Lipinski definition) is 3. The Morgan fingerprint density at radius 1 is 1.38 bits per heavy atom. The fourth-order valence-electron chi connectivity index (χ4n) is 1.94. The first-order valence-electron chi connectivity index (χ1n) is 6.32. The van der Waals surface area contributed by atoms with E-state index in [4.69, 9.17) is 9.47 Å². The molecule has 1 unspecified atom stereocenters. The number of aliphatic hydroxyl groups excluding tert-OH is 1. The van der Waals surface area contributed by atoms with Gasteiger partial charge in [-0.2, -0.15) is 13.2 Å². The molecule has 1 aromatic rings. The highest BCUT2D eigenvalue weighted by atomic mass is 32.2. The van der Waals surface area contributed by atoms with Crippen LogP contribution in [0.5, 0.6) is 11.5 Å². The first-order chi connectivity index (χ1) is 9.67. The van der Waals surface area contributed by atoms with Crippen LogP contribution in [0.4, 0.5) is 13.2 Å². The fourth-order valence-corrected chi connectivity index (χ4v) is 2.32. The lowest BCUT2D eigenvalue weighted by atomic mass is 10.0. The Labute approximate surface area is 131 Å². The summed E-state index contributed by atoms with van der Waals surface area (Å²) >= 11 is 8.23. The van der Waals surface area contributed by atoms with E-state index < -0.39 is 23.0 Å². The van der Waals surface area contributed by atoms with Crippen LogP contribution in [-0.4, -0.2) is 28.3 Å². The summed E-state index contributed by atoms with van der Waals surface area (Å²) in [6.45, 7) is -0.0230. The van der Waals surface area contributed by atoms with E-state index in [1.165, 1.54) is 0 Å². The van der Waals surface area contributed by atoms with Gasteiger partial charge < -0.3 is 14.6 Å². The fraction of sp³-hybridized carbons (Fsp3) is 0.538. The third-order valence-electron chi connectivity index (χ3n) is 3.01. The molecule has 0 bridgehead atoms. The summed E-state index contributed by atoms with van der Waals surface area (Å²) in [5.41, 5.74) is 0.703. The molecular formula is C13H15F3O3S2. The van der Waals surface area contributed by atoms with Crippen LogP contribution in [0.2, 0.25) is 0 Å². The monoisotopic (exact) mass is 340 g/mol. The maximum Gasteiger partial charge on any atom is 0.389 e. The van der Waals surface area contributed by atoms with Crippen molar-refractivity contribution in [2.45, 2.75) is 35.8 Å². The molecule has 0 amide bonds. The van der Waals surface area contributed by atoms with Crippen LogP contribution in [0.25, 0.3) is 0 Å². The highest BCUT2D eigenvalue weighted by Gasteiger charge is 2.38. The molecule has 0 aromatic heterocycles. The number of ether oxygens (including phenoxy) is 2. The highest BCUT2D eigenvalue weighted by Crippen LogP contribution is 2.39. The summed E-state index contributed by atoms with van der Waals surface area (Å²) in [4.78, 5) is 0. The van der Waals surface area contributed by atoms with Gasteiger partial charge in [-0.15, -0.1) is 25.3 Å².